The number of ether oxygens (including phenoxy) is 2. The second-order valence-corrected chi connectivity index (χ2v) is 10.7. The zero-order valence-electron chi connectivity index (χ0n) is 20.3. The lowest BCUT2D eigenvalue weighted by atomic mass is 10.0. The summed E-state index contributed by atoms with van der Waals surface area (Å²) >= 11 is 0. The van der Waals surface area contributed by atoms with Crippen molar-refractivity contribution in [2.45, 2.75) is 43.7 Å². The Hall–Kier alpha value is -2.99. The highest BCUT2D eigenvalue weighted by Gasteiger charge is 2.35. The van der Waals surface area contributed by atoms with Crippen molar-refractivity contribution in [2.75, 3.05) is 42.7 Å². The van der Waals surface area contributed by atoms with E-state index in [0.717, 1.165) is 11.1 Å². The van der Waals surface area contributed by atoms with E-state index < -0.39 is 16.1 Å². The molecule has 10 nitrogen and oxygen atoms in total. The number of nitrogens with zero attached hydrogens (tertiary/aromatic N) is 2. The average Bonchev–Trinajstić information content (AvgIpc) is 2.87. The summed E-state index contributed by atoms with van der Waals surface area (Å²) in [6.07, 6.45) is 0.605. The van der Waals surface area contributed by atoms with Gasteiger partial charge in [0.2, 0.25) is 15.9 Å². The minimum Gasteiger partial charge on any atom is -0.446 e. The smallest absolute Gasteiger partial charge is 0.414 e. The van der Waals surface area contributed by atoms with Gasteiger partial charge in [-0.25, -0.2) is 17.9 Å². The van der Waals surface area contributed by atoms with Gasteiger partial charge < -0.3 is 19.5 Å². The van der Waals surface area contributed by atoms with E-state index in [1.54, 1.807) is 28.0 Å². The standard InChI is InChI=1S/C25H31N3O7S/c1-17-16-27(25(31)35-21-9-13-34-14-10-21)24-15-20(5-8-23(24)28(17)18(2)30)19-3-6-22(7-4-19)36(32,33)26-11-12-29/h3-8,15,17,21,26,29H,9-14,16H2,1-2H3/t17-/m0/s1. The average molecular weight is 518 g/mol. The van der Waals surface area contributed by atoms with Gasteiger partial charge in [-0.3, -0.25) is 9.69 Å². The number of sulfonamides is 1. The van der Waals surface area contributed by atoms with Gasteiger partial charge in [0.1, 0.15) is 6.10 Å². The number of hydrogen-bond donors (Lipinski definition) is 2. The van der Waals surface area contributed by atoms with Gasteiger partial charge >= 0.3 is 6.09 Å². The van der Waals surface area contributed by atoms with E-state index in [0.29, 0.717) is 37.4 Å². The first-order valence-corrected chi connectivity index (χ1v) is 13.4. The van der Waals surface area contributed by atoms with Crippen LogP contribution in [0.4, 0.5) is 16.2 Å². The van der Waals surface area contributed by atoms with Crippen LogP contribution in [-0.2, 0) is 24.3 Å². The molecule has 1 saturated heterocycles. The lowest BCUT2D eigenvalue weighted by Crippen LogP contribution is -2.52. The van der Waals surface area contributed by atoms with E-state index in [9.17, 15) is 18.0 Å². The number of anilines is 2. The fourth-order valence-electron chi connectivity index (χ4n) is 4.55. The molecule has 36 heavy (non-hydrogen) atoms. The normalized spacial score (nSPS) is 18.6. The van der Waals surface area contributed by atoms with Crippen molar-refractivity contribution in [3.05, 3.63) is 42.5 Å². The number of hydrogen-bond acceptors (Lipinski definition) is 7. The van der Waals surface area contributed by atoms with Gasteiger partial charge in [0.15, 0.2) is 0 Å². The van der Waals surface area contributed by atoms with E-state index >= 15 is 0 Å². The van der Waals surface area contributed by atoms with Crippen LogP contribution in [0, 0.1) is 0 Å². The summed E-state index contributed by atoms with van der Waals surface area (Å²) in [5, 5.41) is 8.89. The third-order valence-corrected chi connectivity index (χ3v) is 7.79. The molecule has 1 fully saturated rings. The summed E-state index contributed by atoms with van der Waals surface area (Å²) in [6, 6.07) is 11.5. The van der Waals surface area contributed by atoms with Crippen molar-refractivity contribution in [3.63, 3.8) is 0 Å². The van der Waals surface area contributed by atoms with Crippen LogP contribution in [0.25, 0.3) is 11.1 Å². The zero-order chi connectivity index (χ0) is 25.9. The minimum absolute atomic E-state index is 0.0696. The van der Waals surface area contributed by atoms with Gasteiger partial charge in [0.05, 0.1) is 42.1 Å². The molecule has 11 heteroatoms. The summed E-state index contributed by atoms with van der Waals surface area (Å²) in [6.45, 7) is 4.40. The molecule has 2 aliphatic rings. The number of carbonyl (C=O) groups is 2. The molecule has 2 N–H and O–H groups in total. The summed E-state index contributed by atoms with van der Waals surface area (Å²) in [5.41, 5.74) is 2.66. The number of fused-ring (bicyclic) bond motifs is 1. The van der Waals surface area contributed by atoms with Gasteiger partial charge in [0.25, 0.3) is 0 Å². The molecule has 2 aromatic rings. The van der Waals surface area contributed by atoms with Crippen LogP contribution in [0.15, 0.2) is 47.4 Å². The summed E-state index contributed by atoms with van der Waals surface area (Å²) in [7, 11) is -3.73. The second-order valence-electron chi connectivity index (χ2n) is 8.89. The monoisotopic (exact) mass is 517 g/mol. The quantitative estimate of drug-likeness (QED) is 0.603. The molecule has 2 amide bonds. The van der Waals surface area contributed by atoms with Crippen LogP contribution in [0.5, 0.6) is 0 Å². The minimum atomic E-state index is -3.73. The van der Waals surface area contributed by atoms with Crippen LogP contribution in [0.1, 0.15) is 26.7 Å². The van der Waals surface area contributed by atoms with E-state index in [2.05, 4.69) is 4.72 Å². The SMILES string of the molecule is CC(=O)N1c2ccc(-c3ccc(S(=O)(=O)NCCO)cc3)cc2N(C(=O)OC2CCOCC2)C[C@@H]1C. The van der Waals surface area contributed by atoms with Crippen molar-refractivity contribution in [1.29, 1.82) is 0 Å². The first-order valence-electron chi connectivity index (χ1n) is 11.9. The van der Waals surface area contributed by atoms with E-state index in [1.165, 1.54) is 19.1 Å². The van der Waals surface area contributed by atoms with Gasteiger partial charge in [-0.1, -0.05) is 18.2 Å². The lowest BCUT2D eigenvalue weighted by molar-refractivity contribution is -0.117. The molecule has 0 radical (unpaired) electrons. The molecule has 194 valence electrons. The van der Waals surface area contributed by atoms with Gasteiger partial charge in [-0.05, 0) is 42.3 Å². The number of nitrogens with one attached hydrogen (secondary N) is 1. The number of amides is 2. The highest BCUT2D eigenvalue weighted by Crippen LogP contribution is 2.39. The third-order valence-electron chi connectivity index (χ3n) is 6.31. The summed E-state index contributed by atoms with van der Waals surface area (Å²) < 4.78 is 38.1. The molecule has 0 bridgehead atoms. The maximum atomic E-state index is 13.2. The third kappa shape index (κ3) is 5.54. The number of aliphatic hydroxyl groups excluding tert-OH is 1. The highest BCUT2D eigenvalue weighted by molar-refractivity contribution is 7.89. The Morgan fingerprint density at radius 3 is 2.39 bits per heavy atom. The maximum Gasteiger partial charge on any atom is 0.414 e. The van der Waals surface area contributed by atoms with E-state index in [-0.39, 0.29) is 42.6 Å². The predicted octanol–water partition coefficient (Wildman–Crippen LogP) is 2.50. The van der Waals surface area contributed by atoms with Crippen molar-refractivity contribution >= 4 is 33.4 Å². The van der Waals surface area contributed by atoms with Crippen LogP contribution in [-0.4, -0.2) is 70.6 Å². The van der Waals surface area contributed by atoms with Crippen LogP contribution in [0.2, 0.25) is 0 Å². The van der Waals surface area contributed by atoms with Crippen LogP contribution >= 0.6 is 0 Å². The first-order chi connectivity index (χ1) is 17.2. The molecule has 0 spiro atoms. The molecule has 0 unspecified atom stereocenters. The molecule has 0 aromatic heterocycles. The molecular weight excluding hydrogens is 486 g/mol. The van der Waals surface area contributed by atoms with Crippen molar-refractivity contribution in [2.24, 2.45) is 0 Å². The second kappa shape index (κ2) is 11.0. The molecular formula is C25H31N3O7S. The van der Waals surface area contributed by atoms with Crippen LogP contribution < -0.4 is 14.5 Å². The Morgan fingerprint density at radius 2 is 1.75 bits per heavy atom. The number of carbonyl (C=O) groups excluding carboxylic acids is 2. The lowest BCUT2D eigenvalue weighted by Gasteiger charge is -2.41. The highest BCUT2D eigenvalue weighted by atomic mass is 32.2. The Morgan fingerprint density at radius 1 is 1.08 bits per heavy atom. The molecule has 0 saturated carbocycles. The van der Waals surface area contributed by atoms with Crippen LogP contribution in [0.3, 0.4) is 0 Å². The first kappa shape index (κ1) is 26.1. The molecule has 0 aliphatic carbocycles. The largest absolute Gasteiger partial charge is 0.446 e. The Kier molecular flexibility index (Phi) is 7.94. The molecule has 2 heterocycles. The van der Waals surface area contributed by atoms with Gasteiger partial charge in [0, 0.05) is 32.9 Å². The Balaban J connectivity index is 1.66. The Labute approximate surface area is 210 Å². The number of rotatable bonds is 6. The van der Waals surface area contributed by atoms with E-state index in [1.807, 2.05) is 19.1 Å². The fourth-order valence-corrected chi connectivity index (χ4v) is 5.57. The van der Waals surface area contributed by atoms with Crippen molar-refractivity contribution < 1.29 is 32.6 Å². The number of benzene rings is 2. The maximum absolute atomic E-state index is 13.2. The number of aliphatic hydroxyl groups is 1. The molecule has 4 rings (SSSR count). The molecule has 2 aliphatic heterocycles. The van der Waals surface area contributed by atoms with Gasteiger partial charge in [-0.2, -0.15) is 0 Å². The summed E-state index contributed by atoms with van der Waals surface area (Å²) in [4.78, 5) is 28.9. The predicted molar refractivity (Wildman–Crippen MR) is 134 cm³/mol. The molecule has 2 aromatic carbocycles. The topological polar surface area (TPSA) is 125 Å². The fraction of sp³-hybridized carbons (Fsp3) is 0.440. The van der Waals surface area contributed by atoms with E-state index in [4.69, 9.17) is 14.6 Å². The Bertz CT molecular complexity index is 1210. The van der Waals surface area contributed by atoms with Crippen molar-refractivity contribution in [3.8, 4) is 11.1 Å². The van der Waals surface area contributed by atoms with Crippen molar-refractivity contribution in [1.82, 2.24) is 4.72 Å². The molecule has 1 atom stereocenters. The zero-order valence-corrected chi connectivity index (χ0v) is 21.2. The summed E-state index contributed by atoms with van der Waals surface area (Å²) in [5.74, 6) is -0.126. The van der Waals surface area contributed by atoms with Gasteiger partial charge in [-0.15, -0.1) is 0 Å².